The molecule has 3 heterocycles. The first-order valence-corrected chi connectivity index (χ1v) is 5.76. The molecule has 2 N–H and O–H groups in total. The molecule has 0 saturated carbocycles. The van der Waals surface area contributed by atoms with Crippen LogP contribution in [0.1, 0.15) is 12.8 Å². The van der Waals surface area contributed by atoms with Crippen molar-refractivity contribution in [2.45, 2.75) is 18.4 Å². The summed E-state index contributed by atoms with van der Waals surface area (Å²) in [5, 5.41) is 8.05. The Morgan fingerprint density at radius 1 is 1.56 bits per heavy atom. The normalized spacial score (nSPS) is 27.8. The number of hydrogen-bond acceptors (Lipinski definition) is 6. The minimum atomic E-state index is -0.409. The van der Waals surface area contributed by atoms with Crippen LogP contribution >= 0.6 is 0 Å². The Labute approximate surface area is 104 Å². The zero-order valence-corrected chi connectivity index (χ0v) is 10.3. The highest BCUT2D eigenvalue weighted by Crippen LogP contribution is 2.31. The molecule has 2 aromatic rings. The van der Waals surface area contributed by atoms with Gasteiger partial charge >= 0.3 is 0 Å². The summed E-state index contributed by atoms with van der Waals surface area (Å²) < 4.78 is 12.4. The van der Waals surface area contributed by atoms with Crippen molar-refractivity contribution in [2.24, 2.45) is 12.8 Å². The Morgan fingerprint density at radius 3 is 3.00 bits per heavy atom. The van der Waals surface area contributed by atoms with Crippen LogP contribution in [-0.4, -0.2) is 39.2 Å². The second-order valence-electron chi connectivity index (χ2n) is 4.86. The topological polar surface area (TPSA) is 92.0 Å². The van der Waals surface area contributed by atoms with Crippen LogP contribution in [0, 0.1) is 0 Å². The number of hydrogen-bond donors (Lipinski definition) is 1. The first-order chi connectivity index (χ1) is 8.59. The van der Waals surface area contributed by atoms with E-state index in [1.807, 2.05) is 20.2 Å². The fourth-order valence-corrected chi connectivity index (χ4v) is 2.02. The Balaban J connectivity index is 1.94. The predicted octanol–water partition coefficient (Wildman–Crippen LogP) is 0.0853. The lowest BCUT2D eigenvalue weighted by Crippen LogP contribution is -2.42. The maximum absolute atomic E-state index is 6.03. The quantitative estimate of drug-likeness (QED) is 0.810. The Bertz CT molecular complexity index is 563. The molecule has 0 spiro atoms. The highest BCUT2D eigenvalue weighted by atomic mass is 16.5. The molecule has 7 heteroatoms. The highest BCUT2D eigenvalue weighted by molar-refractivity contribution is 5.51. The third-order valence-electron chi connectivity index (χ3n) is 3.40. The van der Waals surface area contributed by atoms with E-state index >= 15 is 0 Å². The van der Waals surface area contributed by atoms with Crippen molar-refractivity contribution in [1.29, 1.82) is 0 Å². The molecule has 0 aromatic carbocycles. The number of aryl methyl sites for hydroxylation is 1. The van der Waals surface area contributed by atoms with Crippen molar-refractivity contribution in [3.63, 3.8) is 0 Å². The molecular formula is C11H15N5O2. The minimum absolute atomic E-state index is 0.125. The molecule has 2 atom stereocenters. The van der Waals surface area contributed by atoms with Gasteiger partial charge in [0.1, 0.15) is 0 Å². The number of aromatic nitrogens is 4. The monoisotopic (exact) mass is 249 g/mol. The van der Waals surface area contributed by atoms with Crippen LogP contribution in [0.2, 0.25) is 0 Å². The van der Waals surface area contributed by atoms with Crippen LogP contribution in [0.5, 0.6) is 0 Å². The van der Waals surface area contributed by atoms with E-state index in [-0.39, 0.29) is 6.04 Å². The zero-order chi connectivity index (χ0) is 12.8. The van der Waals surface area contributed by atoms with E-state index < -0.39 is 5.41 Å². The fraction of sp³-hybridized carbons (Fsp3) is 0.545. The standard InChI is InChI=1S/C11H15N5O2/c1-11(6-17-5-8(11)12)10-14-9(15-18-10)7-3-13-16(2)4-7/h3-4,8H,5-6,12H2,1-2H3. The molecule has 1 aliphatic heterocycles. The summed E-state index contributed by atoms with van der Waals surface area (Å²) in [5.74, 6) is 1.05. The Kier molecular flexibility index (Phi) is 2.46. The maximum atomic E-state index is 6.03. The maximum Gasteiger partial charge on any atom is 0.236 e. The molecule has 18 heavy (non-hydrogen) atoms. The summed E-state index contributed by atoms with van der Waals surface area (Å²) in [5.41, 5.74) is 6.44. The molecule has 2 aromatic heterocycles. The molecule has 3 rings (SSSR count). The molecule has 1 aliphatic rings. The second-order valence-corrected chi connectivity index (χ2v) is 4.86. The molecule has 7 nitrogen and oxygen atoms in total. The molecule has 0 bridgehead atoms. The molecule has 0 radical (unpaired) electrons. The smallest absolute Gasteiger partial charge is 0.236 e. The van der Waals surface area contributed by atoms with Gasteiger partial charge in [-0.2, -0.15) is 10.1 Å². The first-order valence-electron chi connectivity index (χ1n) is 5.76. The first kappa shape index (κ1) is 11.4. The third-order valence-corrected chi connectivity index (χ3v) is 3.40. The molecule has 0 aliphatic carbocycles. The van der Waals surface area contributed by atoms with Crippen LogP contribution in [0.25, 0.3) is 11.4 Å². The van der Waals surface area contributed by atoms with E-state index in [0.717, 1.165) is 5.56 Å². The van der Waals surface area contributed by atoms with Crippen LogP contribution in [-0.2, 0) is 17.2 Å². The van der Waals surface area contributed by atoms with E-state index in [1.54, 1.807) is 10.9 Å². The molecule has 1 saturated heterocycles. The molecule has 2 unspecified atom stereocenters. The predicted molar refractivity (Wildman–Crippen MR) is 62.6 cm³/mol. The van der Waals surface area contributed by atoms with Gasteiger partial charge in [-0.05, 0) is 6.92 Å². The number of rotatable bonds is 2. The van der Waals surface area contributed by atoms with E-state index in [0.29, 0.717) is 24.9 Å². The van der Waals surface area contributed by atoms with Gasteiger partial charge in [-0.3, -0.25) is 4.68 Å². The Morgan fingerprint density at radius 2 is 2.39 bits per heavy atom. The zero-order valence-electron chi connectivity index (χ0n) is 10.3. The average molecular weight is 249 g/mol. The van der Waals surface area contributed by atoms with Crippen molar-refractivity contribution in [3.05, 3.63) is 18.3 Å². The van der Waals surface area contributed by atoms with Crippen LogP contribution < -0.4 is 5.73 Å². The fourth-order valence-electron chi connectivity index (χ4n) is 2.02. The summed E-state index contributed by atoms with van der Waals surface area (Å²) in [6.45, 7) is 3.00. The highest BCUT2D eigenvalue weighted by Gasteiger charge is 2.44. The van der Waals surface area contributed by atoms with Gasteiger partial charge in [0.05, 0.1) is 30.4 Å². The largest absolute Gasteiger partial charge is 0.379 e. The molecule has 0 amide bonds. The molecule has 96 valence electrons. The lowest BCUT2D eigenvalue weighted by molar-refractivity contribution is 0.169. The van der Waals surface area contributed by atoms with Crippen LogP contribution in [0.15, 0.2) is 16.9 Å². The lowest BCUT2D eigenvalue weighted by atomic mass is 9.86. The van der Waals surface area contributed by atoms with E-state index in [1.165, 1.54) is 0 Å². The van der Waals surface area contributed by atoms with Crippen molar-refractivity contribution in [3.8, 4) is 11.4 Å². The van der Waals surface area contributed by atoms with Crippen LogP contribution in [0.4, 0.5) is 0 Å². The average Bonchev–Trinajstić information content (AvgIpc) is 3.01. The van der Waals surface area contributed by atoms with Crippen molar-refractivity contribution >= 4 is 0 Å². The van der Waals surface area contributed by atoms with Gasteiger partial charge in [-0.15, -0.1) is 0 Å². The van der Waals surface area contributed by atoms with Gasteiger partial charge in [0, 0.05) is 19.3 Å². The third kappa shape index (κ3) is 1.63. The van der Waals surface area contributed by atoms with Crippen molar-refractivity contribution < 1.29 is 9.26 Å². The number of nitrogens with two attached hydrogens (primary N) is 1. The van der Waals surface area contributed by atoms with Gasteiger partial charge in [0.15, 0.2) is 0 Å². The summed E-state index contributed by atoms with van der Waals surface area (Å²) in [4.78, 5) is 4.41. The van der Waals surface area contributed by atoms with Crippen LogP contribution in [0.3, 0.4) is 0 Å². The van der Waals surface area contributed by atoms with E-state index in [9.17, 15) is 0 Å². The van der Waals surface area contributed by atoms with Crippen molar-refractivity contribution in [2.75, 3.05) is 13.2 Å². The van der Waals surface area contributed by atoms with E-state index in [2.05, 4.69) is 15.2 Å². The number of nitrogens with zero attached hydrogens (tertiary/aromatic N) is 4. The summed E-state index contributed by atoms with van der Waals surface area (Å²) in [6.07, 6.45) is 3.53. The van der Waals surface area contributed by atoms with Gasteiger partial charge in [-0.1, -0.05) is 5.16 Å². The minimum Gasteiger partial charge on any atom is -0.379 e. The molecule has 1 fully saturated rings. The number of ether oxygens (including phenoxy) is 1. The lowest BCUT2D eigenvalue weighted by Gasteiger charge is -2.21. The SMILES string of the molecule is Cn1cc(-c2noc(C3(C)COCC3N)n2)cn1. The van der Waals surface area contributed by atoms with Gasteiger partial charge in [0.2, 0.25) is 11.7 Å². The van der Waals surface area contributed by atoms with Gasteiger partial charge in [0.25, 0.3) is 0 Å². The molecular weight excluding hydrogens is 234 g/mol. The summed E-state index contributed by atoms with van der Waals surface area (Å²) in [7, 11) is 1.84. The Hall–Kier alpha value is -1.73. The van der Waals surface area contributed by atoms with E-state index in [4.69, 9.17) is 15.0 Å². The van der Waals surface area contributed by atoms with Gasteiger partial charge in [-0.25, -0.2) is 0 Å². The van der Waals surface area contributed by atoms with Crippen molar-refractivity contribution in [1.82, 2.24) is 19.9 Å². The summed E-state index contributed by atoms with van der Waals surface area (Å²) >= 11 is 0. The van der Waals surface area contributed by atoms with Gasteiger partial charge < -0.3 is 15.0 Å². The summed E-state index contributed by atoms with van der Waals surface area (Å²) in [6, 6.07) is -0.125. The second kappa shape index (κ2) is 3.89.